The highest BCUT2D eigenvalue weighted by Gasteiger charge is 2.20. The number of nitrogens with one attached hydrogen (secondary N) is 1. The van der Waals surface area contributed by atoms with Crippen LogP contribution in [0, 0.1) is 12.8 Å². The minimum absolute atomic E-state index is 0.249. The van der Waals surface area contributed by atoms with Gasteiger partial charge in [-0.05, 0) is 59.4 Å². The zero-order valence-corrected chi connectivity index (χ0v) is 17.1. The van der Waals surface area contributed by atoms with E-state index in [4.69, 9.17) is 0 Å². The Morgan fingerprint density at radius 1 is 0.962 bits per heavy atom. The first kappa shape index (κ1) is 17.4. The monoisotopic (exact) mass is 361 g/mol. The van der Waals surface area contributed by atoms with Gasteiger partial charge >= 0.3 is 0 Å². The number of rotatable bonds is 3. The van der Waals surface area contributed by atoms with Crippen LogP contribution in [0.3, 0.4) is 0 Å². The zero-order chi connectivity index (χ0) is 18.4. The molecule has 1 aliphatic rings. The fourth-order valence-electron chi connectivity index (χ4n) is 3.82. The molecule has 3 aromatic rings. The Balaban J connectivity index is 1.93. The molecule has 0 fully saturated rings. The molecular formula is C24H27NS. The van der Waals surface area contributed by atoms with Crippen molar-refractivity contribution in [2.75, 3.05) is 0 Å². The molecule has 2 aromatic carbocycles. The van der Waals surface area contributed by atoms with Gasteiger partial charge in [0.25, 0.3) is 0 Å². The zero-order valence-electron chi connectivity index (χ0n) is 16.3. The molecule has 4 rings (SSSR count). The summed E-state index contributed by atoms with van der Waals surface area (Å²) < 4.78 is 2.82. The van der Waals surface area contributed by atoms with Gasteiger partial charge in [-0.15, -0.1) is 11.3 Å². The second-order valence-corrected chi connectivity index (χ2v) is 9.04. The summed E-state index contributed by atoms with van der Waals surface area (Å²) in [4.78, 5) is 0. The summed E-state index contributed by atoms with van der Waals surface area (Å²) >= 11 is 1.94. The summed E-state index contributed by atoms with van der Waals surface area (Å²) in [6, 6.07) is 11.8. The highest BCUT2D eigenvalue weighted by molar-refractivity contribution is 7.26. The Morgan fingerprint density at radius 2 is 1.73 bits per heavy atom. The molecular weight excluding hydrogens is 334 g/mol. The minimum Gasteiger partial charge on any atom is -0.381 e. The van der Waals surface area contributed by atoms with Crippen molar-refractivity contribution >= 4 is 31.5 Å². The lowest BCUT2D eigenvalue weighted by Gasteiger charge is -2.23. The van der Waals surface area contributed by atoms with Crippen molar-refractivity contribution < 1.29 is 0 Å². The van der Waals surface area contributed by atoms with E-state index in [9.17, 15) is 0 Å². The largest absolute Gasteiger partial charge is 0.381 e. The second kappa shape index (κ2) is 6.59. The Labute approximate surface area is 160 Å². The fourth-order valence-corrected chi connectivity index (χ4v) is 5.21. The standard InChI is InChI=1S/C24H27NS/c1-14(2)17-7-9-19-20-8-6-16(5)23(24(20)26-22(19)13-17)21-12-18(15(3)4)10-11-25-21/h6-15,21,25H,1-5H3. The summed E-state index contributed by atoms with van der Waals surface area (Å²) in [5.41, 5.74) is 5.62. The molecule has 1 nitrogen and oxygen atoms in total. The van der Waals surface area contributed by atoms with Crippen LogP contribution in [-0.2, 0) is 0 Å². The molecule has 26 heavy (non-hydrogen) atoms. The molecule has 2 heterocycles. The van der Waals surface area contributed by atoms with E-state index in [1.807, 2.05) is 11.3 Å². The van der Waals surface area contributed by atoms with Gasteiger partial charge in [0.15, 0.2) is 0 Å². The SMILES string of the molecule is Cc1ccc2c(sc3cc(C(C)C)ccc32)c1C1C=C(C(C)C)C=CN1. The average molecular weight is 362 g/mol. The van der Waals surface area contributed by atoms with Crippen LogP contribution >= 0.6 is 11.3 Å². The maximum absolute atomic E-state index is 3.58. The first-order valence-corrected chi connectivity index (χ1v) is 10.4. The molecule has 0 saturated carbocycles. The Hall–Kier alpha value is -2.06. The van der Waals surface area contributed by atoms with Crippen LogP contribution in [0.2, 0.25) is 0 Å². The highest BCUT2D eigenvalue weighted by Crippen LogP contribution is 2.41. The third-order valence-electron chi connectivity index (χ3n) is 5.48. The first-order valence-electron chi connectivity index (χ1n) is 9.55. The van der Waals surface area contributed by atoms with E-state index in [0.29, 0.717) is 11.8 Å². The van der Waals surface area contributed by atoms with Gasteiger partial charge in [-0.3, -0.25) is 0 Å². The number of fused-ring (bicyclic) bond motifs is 3. The highest BCUT2D eigenvalue weighted by atomic mass is 32.1. The summed E-state index contributed by atoms with van der Waals surface area (Å²) in [6.07, 6.45) is 6.72. The minimum atomic E-state index is 0.249. The molecule has 1 aliphatic heterocycles. The number of hydrogen-bond acceptors (Lipinski definition) is 2. The lowest BCUT2D eigenvalue weighted by atomic mass is 9.92. The van der Waals surface area contributed by atoms with E-state index in [1.165, 1.54) is 42.4 Å². The van der Waals surface area contributed by atoms with Crippen LogP contribution in [0.5, 0.6) is 0 Å². The predicted molar refractivity (Wildman–Crippen MR) is 116 cm³/mol. The van der Waals surface area contributed by atoms with Gasteiger partial charge < -0.3 is 5.32 Å². The van der Waals surface area contributed by atoms with Gasteiger partial charge in [0.05, 0.1) is 6.04 Å². The summed E-state index contributed by atoms with van der Waals surface area (Å²) in [6.45, 7) is 11.3. The lowest BCUT2D eigenvalue weighted by Crippen LogP contribution is -2.18. The van der Waals surface area contributed by atoms with E-state index in [-0.39, 0.29) is 6.04 Å². The Morgan fingerprint density at radius 3 is 2.46 bits per heavy atom. The molecule has 0 amide bonds. The normalized spacial score (nSPS) is 17.3. The fraction of sp³-hybridized carbons (Fsp3) is 0.333. The number of hydrogen-bond donors (Lipinski definition) is 1. The second-order valence-electron chi connectivity index (χ2n) is 7.98. The van der Waals surface area contributed by atoms with Crippen LogP contribution < -0.4 is 5.32 Å². The van der Waals surface area contributed by atoms with Gasteiger partial charge in [0, 0.05) is 20.2 Å². The molecule has 1 aromatic heterocycles. The molecule has 0 spiro atoms. The van der Waals surface area contributed by atoms with Crippen molar-refractivity contribution in [3.8, 4) is 0 Å². The van der Waals surface area contributed by atoms with Crippen molar-refractivity contribution in [2.45, 2.75) is 46.6 Å². The van der Waals surface area contributed by atoms with Crippen LogP contribution in [0.4, 0.5) is 0 Å². The summed E-state index contributed by atoms with van der Waals surface area (Å²) in [5, 5.41) is 6.35. The maximum Gasteiger partial charge on any atom is 0.0715 e. The van der Waals surface area contributed by atoms with Gasteiger partial charge in [-0.25, -0.2) is 0 Å². The lowest BCUT2D eigenvalue weighted by molar-refractivity contribution is 0.699. The van der Waals surface area contributed by atoms with E-state index >= 15 is 0 Å². The number of aryl methyl sites for hydroxylation is 1. The number of allylic oxidation sites excluding steroid dienone is 2. The average Bonchev–Trinajstić information content (AvgIpc) is 2.99. The van der Waals surface area contributed by atoms with E-state index in [1.54, 1.807) is 0 Å². The van der Waals surface area contributed by atoms with Crippen molar-refractivity contribution in [1.82, 2.24) is 5.32 Å². The van der Waals surface area contributed by atoms with Gasteiger partial charge in [-0.1, -0.05) is 58.0 Å². The quantitative estimate of drug-likeness (QED) is 0.519. The summed E-state index contributed by atoms with van der Waals surface area (Å²) in [5.74, 6) is 1.11. The van der Waals surface area contributed by atoms with E-state index in [2.05, 4.69) is 88.6 Å². The molecule has 0 saturated heterocycles. The van der Waals surface area contributed by atoms with Crippen molar-refractivity contribution in [3.63, 3.8) is 0 Å². The Kier molecular flexibility index (Phi) is 4.40. The third-order valence-corrected chi connectivity index (χ3v) is 6.68. The Bertz CT molecular complexity index is 1030. The van der Waals surface area contributed by atoms with Crippen LogP contribution in [-0.4, -0.2) is 0 Å². The molecule has 1 N–H and O–H groups in total. The predicted octanol–water partition coefficient (Wildman–Crippen LogP) is 7.23. The molecule has 0 bridgehead atoms. The molecule has 0 aliphatic carbocycles. The van der Waals surface area contributed by atoms with Crippen LogP contribution in [0.15, 0.2) is 54.3 Å². The number of thiophene rings is 1. The van der Waals surface area contributed by atoms with E-state index < -0.39 is 0 Å². The maximum atomic E-state index is 3.58. The molecule has 134 valence electrons. The van der Waals surface area contributed by atoms with Gasteiger partial charge in [-0.2, -0.15) is 0 Å². The first-order chi connectivity index (χ1) is 12.5. The van der Waals surface area contributed by atoms with Gasteiger partial charge in [0.1, 0.15) is 0 Å². The molecule has 0 radical (unpaired) electrons. The van der Waals surface area contributed by atoms with Crippen molar-refractivity contribution in [2.24, 2.45) is 5.92 Å². The topological polar surface area (TPSA) is 12.0 Å². The molecule has 2 heteroatoms. The smallest absolute Gasteiger partial charge is 0.0715 e. The van der Waals surface area contributed by atoms with Gasteiger partial charge in [0.2, 0.25) is 0 Å². The summed E-state index contributed by atoms with van der Waals surface area (Å²) in [7, 11) is 0. The molecule has 1 unspecified atom stereocenters. The number of dihydropyridines is 1. The van der Waals surface area contributed by atoms with Crippen LogP contribution in [0.25, 0.3) is 20.2 Å². The van der Waals surface area contributed by atoms with Crippen LogP contribution in [0.1, 0.15) is 56.3 Å². The van der Waals surface area contributed by atoms with Crippen molar-refractivity contribution in [1.29, 1.82) is 0 Å². The van der Waals surface area contributed by atoms with E-state index in [0.717, 1.165) is 0 Å². The van der Waals surface area contributed by atoms with Crippen molar-refractivity contribution in [3.05, 3.63) is 70.9 Å². The number of benzene rings is 2. The molecule has 1 atom stereocenters. The third kappa shape index (κ3) is 2.87.